The van der Waals surface area contributed by atoms with E-state index in [2.05, 4.69) is 0 Å². The van der Waals surface area contributed by atoms with Crippen molar-refractivity contribution in [3.05, 3.63) is 82.0 Å². The van der Waals surface area contributed by atoms with Crippen molar-refractivity contribution in [3.8, 4) is 0 Å². The van der Waals surface area contributed by atoms with Gasteiger partial charge in [0, 0.05) is 49.9 Å². The van der Waals surface area contributed by atoms with E-state index in [-0.39, 0.29) is 23.9 Å². The second-order valence-electron chi connectivity index (χ2n) is 11.9. The van der Waals surface area contributed by atoms with Crippen LogP contribution in [-0.4, -0.2) is 69.7 Å². The van der Waals surface area contributed by atoms with E-state index in [1.54, 1.807) is 33.0 Å². The normalized spacial score (nSPS) is 17.5. The predicted octanol–water partition coefficient (Wildman–Crippen LogP) is 6.57. The molecule has 3 heterocycles. The number of amides is 3. The summed E-state index contributed by atoms with van der Waals surface area (Å²) in [6.45, 7) is 9.26. The zero-order valence-electron chi connectivity index (χ0n) is 24.6. The van der Waals surface area contributed by atoms with Crippen molar-refractivity contribution < 1.29 is 19.2 Å². The van der Waals surface area contributed by atoms with Crippen molar-refractivity contribution in [1.82, 2.24) is 14.8 Å². The van der Waals surface area contributed by atoms with Gasteiger partial charge in [0.25, 0.3) is 5.69 Å². The lowest BCUT2D eigenvalue weighted by molar-refractivity contribution is -0.384. The number of pyridine rings is 1. The molecule has 2 aliphatic heterocycles. The number of aryl methyl sites for hydroxylation is 1. The van der Waals surface area contributed by atoms with Gasteiger partial charge in [0.15, 0.2) is 0 Å². The number of ether oxygens (including phenoxy) is 1. The summed E-state index contributed by atoms with van der Waals surface area (Å²) in [5.41, 5.74) is 2.20. The molecule has 42 heavy (non-hydrogen) atoms. The monoisotopic (exact) mass is 571 g/mol. The van der Waals surface area contributed by atoms with Crippen molar-refractivity contribution >= 4 is 40.0 Å². The molecular formula is C32H37N5O5. The SMILES string of the molecule is Cc1cccc2ccnc(N(C(=O)N3CC=C(c4cccc([N+](=O)[O-])c4)CC3)[C@@H]3CCCN(C(=O)OC(C)(C)C)C3)c12. The molecule has 1 aromatic heterocycles. The van der Waals surface area contributed by atoms with Crippen molar-refractivity contribution in [3.63, 3.8) is 0 Å². The third kappa shape index (κ3) is 6.22. The number of benzene rings is 2. The standard InChI is InChI=1S/C32H37N5O5/c1-22-8-5-9-24-13-16-33-29(28(22)24)36(27-12-7-17-35(21-27)31(39)42-32(2,3)4)30(38)34-18-14-23(15-19-34)25-10-6-11-26(20-25)37(40)41/h5-6,8-11,13-14,16,20,27H,7,12,15,17-19,21H2,1-4H3/t27-/m1/s1. The van der Waals surface area contributed by atoms with E-state index < -0.39 is 10.5 Å². The molecule has 2 aliphatic rings. The smallest absolute Gasteiger partial charge is 0.410 e. The van der Waals surface area contributed by atoms with E-state index >= 15 is 0 Å². The highest BCUT2D eigenvalue weighted by atomic mass is 16.6. The maximum atomic E-state index is 14.4. The molecule has 2 aromatic carbocycles. The van der Waals surface area contributed by atoms with Crippen LogP contribution in [0.4, 0.5) is 21.1 Å². The summed E-state index contributed by atoms with van der Waals surface area (Å²) in [5, 5.41) is 13.2. The number of rotatable bonds is 4. The lowest BCUT2D eigenvalue weighted by atomic mass is 9.98. The molecule has 0 N–H and O–H groups in total. The van der Waals surface area contributed by atoms with Crippen LogP contribution in [0.2, 0.25) is 0 Å². The van der Waals surface area contributed by atoms with Crippen LogP contribution in [0.25, 0.3) is 16.3 Å². The van der Waals surface area contributed by atoms with Crippen LogP contribution in [0.5, 0.6) is 0 Å². The summed E-state index contributed by atoms with van der Waals surface area (Å²) < 4.78 is 5.66. The highest BCUT2D eigenvalue weighted by Crippen LogP contribution is 2.33. The Kier molecular flexibility index (Phi) is 8.15. The van der Waals surface area contributed by atoms with E-state index in [4.69, 9.17) is 9.72 Å². The molecule has 0 spiro atoms. The molecule has 0 bridgehead atoms. The van der Waals surface area contributed by atoms with Crippen LogP contribution in [0.1, 0.15) is 51.2 Å². The maximum Gasteiger partial charge on any atom is 0.410 e. The average molecular weight is 572 g/mol. The molecule has 0 saturated carbocycles. The Morgan fingerprint density at radius 1 is 1.10 bits per heavy atom. The summed E-state index contributed by atoms with van der Waals surface area (Å²) in [6, 6.07) is 14.1. The first-order valence-corrected chi connectivity index (χ1v) is 14.4. The van der Waals surface area contributed by atoms with Crippen LogP contribution in [-0.2, 0) is 4.74 Å². The van der Waals surface area contributed by atoms with Crippen molar-refractivity contribution in [2.75, 3.05) is 31.1 Å². The van der Waals surface area contributed by atoms with Crippen LogP contribution in [0.15, 0.2) is 60.8 Å². The Morgan fingerprint density at radius 2 is 1.88 bits per heavy atom. The lowest BCUT2D eigenvalue weighted by Crippen LogP contribution is -2.56. The van der Waals surface area contributed by atoms with Gasteiger partial charge in [-0.1, -0.05) is 36.4 Å². The Morgan fingerprint density at radius 3 is 2.60 bits per heavy atom. The molecule has 5 rings (SSSR count). The molecule has 1 atom stereocenters. The Bertz CT molecular complexity index is 1540. The summed E-state index contributed by atoms with van der Waals surface area (Å²) in [5.74, 6) is 0.583. The molecule has 3 aromatic rings. The number of hydrogen-bond donors (Lipinski definition) is 0. The van der Waals surface area contributed by atoms with E-state index in [1.165, 1.54) is 6.07 Å². The molecule has 0 unspecified atom stereocenters. The van der Waals surface area contributed by atoms with Crippen LogP contribution in [0, 0.1) is 17.0 Å². The topological polar surface area (TPSA) is 109 Å². The zero-order valence-corrected chi connectivity index (χ0v) is 24.6. The molecule has 1 saturated heterocycles. The van der Waals surface area contributed by atoms with Crippen LogP contribution < -0.4 is 4.90 Å². The first-order chi connectivity index (χ1) is 20.0. The van der Waals surface area contributed by atoms with E-state index in [0.717, 1.165) is 40.3 Å². The first-order valence-electron chi connectivity index (χ1n) is 14.4. The third-order valence-corrected chi connectivity index (χ3v) is 7.73. The number of piperidine rings is 1. The molecule has 0 radical (unpaired) electrons. The minimum absolute atomic E-state index is 0.0438. The predicted molar refractivity (Wildman–Crippen MR) is 162 cm³/mol. The van der Waals surface area contributed by atoms with Gasteiger partial charge in [0.05, 0.1) is 11.0 Å². The summed E-state index contributed by atoms with van der Waals surface area (Å²) in [6.07, 6.45) is 5.32. The molecule has 0 aliphatic carbocycles. The Labute approximate surface area is 245 Å². The number of nitro benzene ring substituents is 1. The second-order valence-corrected chi connectivity index (χ2v) is 11.9. The number of urea groups is 1. The fourth-order valence-electron chi connectivity index (χ4n) is 5.72. The molecule has 1 fully saturated rings. The van der Waals surface area contributed by atoms with Gasteiger partial charge in [-0.15, -0.1) is 0 Å². The summed E-state index contributed by atoms with van der Waals surface area (Å²) in [4.78, 5) is 48.3. The molecule has 10 nitrogen and oxygen atoms in total. The number of anilines is 1. The Balaban J connectivity index is 1.47. The Hall–Kier alpha value is -4.47. The lowest BCUT2D eigenvalue weighted by Gasteiger charge is -2.41. The largest absolute Gasteiger partial charge is 0.444 e. The summed E-state index contributed by atoms with van der Waals surface area (Å²) in [7, 11) is 0. The number of likely N-dealkylation sites (tertiary alicyclic amines) is 1. The van der Waals surface area contributed by atoms with Gasteiger partial charge < -0.3 is 14.5 Å². The fourth-order valence-corrected chi connectivity index (χ4v) is 5.72. The quantitative estimate of drug-likeness (QED) is 0.259. The highest BCUT2D eigenvalue weighted by molar-refractivity contribution is 6.03. The maximum absolute atomic E-state index is 14.4. The molecule has 3 amide bonds. The van der Waals surface area contributed by atoms with Gasteiger partial charge >= 0.3 is 12.1 Å². The van der Waals surface area contributed by atoms with Gasteiger partial charge in [0.1, 0.15) is 11.4 Å². The summed E-state index contributed by atoms with van der Waals surface area (Å²) >= 11 is 0. The number of nitro groups is 1. The first kappa shape index (κ1) is 29.0. The minimum Gasteiger partial charge on any atom is -0.444 e. The number of hydrogen-bond acceptors (Lipinski definition) is 6. The van der Waals surface area contributed by atoms with Crippen molar-refractivity contribution in [2.24, 2.45) is 0 Å². The number of nitrogens with zero attached hydrogens (tertiary/aromatic N) is 5. The molecular weight excluding hydrogens is 534 g/mol. The van der Waals surface area contributed by atoms with Crippen molar-refractivity contribution in [1.29, 1.82) is 0 Å². The van der Waals surface area contributed by atoms with Crippen LogP contribution >= 0.6 is 0 Å². The van der Waals surface area contributed by atoms with E-state index in [1.807, 2.05) is 64.1 Å². The van der Waals surface area contributed by atoms with Crippen molar-refractivity contribution in [2.45, 2.75) is 58.6 Å². The number of carbonyl (C=O) groups excluding carboxylic acids is 2. The third-order valence-electron chi connectivity index (χ3n) is 7.73. The van der Waals surface area contributed by atoms with E-state index in [9.17, 15) is 19.7 Å². The highest BCUT2D eigenvalue weighted by Gasteiger charge is 2.37. The number of non-ortho nitro benzene ring substituents is 1. The molecule has 10 heteroatoms. The molecule has 220 valence electrons. The second kappa shape index (κ2) is 11.8. The minimum atomic E-state index is -0.620. The van der Waals surface area contributed by atoms with E-state index in [0.29, 0.717) is 38.4 Å². The number of fused-ring (bicyclic) bond motifs is 1. The van der Waals surface area contributed by atoms with Crippen LogP contribution in [0.3, 0.4) is 0 Å². The van der Waals surface area contributed by atoms with Gasteiger partial charge in [-0.3, -0.25) is 15.0 Å². The van der Waals surface area contributed by atoms with Gasteiger partial charge in [-0.25, -0.2) is 14.6 Å². The average Bonchev–Trinajstić information content (AvgIpc) is 2.97. The van der Waals surface area contributed by atoms with Gasteiger partial charge in [-0.05, 0) is 75.1 Å². The number of aromatic nitrogens is 1. The van der Waals surface area contributed by atoms with Gasteiger partial charge in [-0.2, -0.15) is 0 Å². The zero-order chi connectivity index (χ0) is 30.0. The van der Waals surface area contributed by atoms with Gasteiger partial charge in [0.2, 0.25) is 0 Å². The number of carbonyl (C=O) groups is 2. The fraction of sp³-hybridized carbons (Fsp3) is 0.406.